The lowest BCUT2D eigenvalue weighted by Crippen LogP contribution is -2.33. The Morgan fingerprint density at radius 3 is 2.38 bits per heavy atom. The number of para-hydroxylation sites is 1. The van der Waals surface area contributed by atoms with Gasteiger partial charge in [0, 0.05) is 16.1 Å². The highest BCUT2D eigenvalue weighted by Gasteiger charge is 2.21. The van der Waals surface area contributed by atoms with Crippen LogP contribution in [0.25, 0.3) is 0 Å². The number of benzene rings is 3. The quantitative estimate of drug-likeness (QED) is 0.513. The van der Waals surface area contributed by atoms with Crippen LogP contribution in [-0.4, -0.2) is 17.8 Å². The maximum atomic E-state index is 12.9. The van der Waals surface area contributed by atoms with Crippen LogP contribution in [-0.2, 0) is 4.79 Å². The summed E-state index contributed by atoms with van der Waals surface area (Å²) in [5.74, 6) is 0.111. The number of amides is 1. The SMILES string of the molecule is CC[C@H](Oc1ccc(Cl)c(C)c1)C(=O)Nc1ccccc1C(=O)c1ccccc1. The van der Waals surface area contributed by atoms with E-state index in [1.54, 1.807) is 54.6 Å². The molecule has 3 aromatic carbocycles. The van der Waals surface area contributed by atoms with E-state index in [9.17, 15) is 9.59 Å². The van der Waals surface area contributed by atoms with Crippen molar-refractivity contribution in [2.45, 2.75) is 26.4 Å². The minimum absolute atomic E-state index is 0.149. The summed E-state index contributed by atoms with van der Waals surface area (Å²) in [4.78, 5) is 25.7. The molecule has 3 aromatic rings. The van der Waals surface area contributed by atoms with E-state index in [0.717, 1.165) is 5.56 Å². The summed E-state index contributed by atoms with van der Waals surface area (Å²) >= 11 is 6.05. The molecule has 148 valence electrons. The first-order chi connectivity index (χ1) is 14.0. The summed E-state index contributed by atoms with van der Waals surface area (Å²) in [6.07, 6.45) is -0.224. The van der Waals surface area contributed by atoms with E-state index in [1.807, 2.05) is 32.0 Å². The standard InChI is InChI=1S/C24H22ClNO3/c1-3-22(29-18-13-14-20(25)16(2)15-18)24(28)26-21-12-8-7-11-19(21)23(27)17-9-5-4-6-10-17/h4-15,22H,3H2,1-2H3,(H,26,28)/t22-/m0/s1. The van der Waals surface area contributed by atoms with E-state index in [2.05, 4.69) is 5.32 Å². The Labute approximate surface area is 175 Å². The van der Waals surface area contributed by atoms with Crippen molar-refractivity contribution < 1.29 is 14.3 Å². The average molecular weight is 408 g/mol. The van der Waals surface area contributed by atoms with Crippen LogP contribution in [0.4, 0.5) is 5.69 Å². The summed E-state index contributed by atoms with van der Waals surface area (Å²) in [5.41, 5.74) is 2.33. The summed E-state index contributed by atoms with van der Waals surface area (Å²) in [6.45, 7) is 3.75. The van der Waals surface area contributed by atoms with Crippen LogP contribution in [0.15, 0.2) is 72.8 Å². The third kappa shape index (κ3) is 5.04. The van der Waals surface area contributed by atoms with Crippen LogP contribution in [0.3, 0.4) is 0 Å². The Morgan fingerprint density at radius 1 is 1.00 bits per heavy atom. The lowest BCUT2D eigenvalue weighted by molar-refractivity contribution is -0.122. The fourth-order valence-corrected chi connectivity index (χ4v) is 3.04. The monoisotopic (exact) mass is 407 g/mol. The number of hydrogen-bond donors (Lipinski definition) is 1. The molecule has 0 saturated carbocycles. The molecule has 1 atom stereocenters. The Bertz CT molecular complexity index is 1020. The van der Waals surface area contributed by atoms with Gasteiger partial charge in [-0.05, 0) is 49.2 Å². The third-order valence-corrected chi connectivity index (χ3v) is 4.96. The number of ether oxygens (including phenoxy) is 1. The summed E-state index contributed by atoms with van der Waals surface area (Å²) in [7, 11) is 0. The smallest absolute Gasteiger partial charge is 0.265 e. The van der Waals surface area contributed by atoms with Gasteiger partial charge in [-0.2, -0.15) is 0 Å². The summed E-state index contributed by atoms with van der Waals surface area (Å²) in [6, 6.07) is 21.2. The van der Waals surface area contributed by atoms with Gasteiger partial charge in [0.1, 0.15) is 5.75 Å². The van der Waals surface area contributed by atoms with Gasteiger partial charge < -0.3 is 10.1 Å². The van der Waals surface area contributed by atoms with Gasteiger partial charge in [-0.3, -0.25) is 9.59 Å². The molecule has 1 N–H and O–H groups in total. The minimum atomic E-state index is -0.699. The zero-order chi connectivity index (χ0) is 20.8. The van der Waals surface area contributed by atoms with Crippen LogP contribution in [0, 0.1) is 6.92 Å². The molecule has 0 bridgehead atoms. The van der Waals surface area contributed by atoms with Crippen molar-refractivity contribution in [2.24, 2.45) is 0 Å². The first-order valence-electron chi connectivity index (χ1n) is 9.42. The van der Waals surface area contributed by atoms with Crippen LogP contribution in [0.2, 0.25) is 5.02 Å². The Morgan fingerprint density at radius 2 is 1.69 bits per heavy atom. The molecular formula is C24H22ClNO3. The number of nitrogens with one attached hydrogen (secondary N) is 1. The lowest BCUT2D eigenvalue weighted by Gasteiger charge is -2.19. The van der Waals surface area contributed by atoms with Gasteiger partial charge in [0.25, 0.3) is 5.91 Å². The Balaban J connectivity index is 1.79. The van der Waals surface area contributed by atoms with Gasteiger partial charge >= 0.3 is 0 Å². The minimum Gasteiger partial charge on any atom is -0.481 e. The lowest BCUT2D eigenvalue weighted by atomic mass is 10.0. The highest BCUT2D eigenvalue weighted by molar-refractivity contribution is 6.31. The van der Waals surface area contributed by atoms with Crippen LogP contribution < -0.4 is 10.1 Å². The molecular weight excluding hydrogens is 386 g/mol. The van der Waals surface area contributed by atoms with Crippen molar-refractivity contribution in [1.29, 1.82) is 0 Å². The van der Waals surface area contributed by atoms with Crippen LogP contribution in [0.1, 0.15) is 34.8 Å². The van der Waals surface area contributed by atoms with Gasteiger partial charge in [-0.15, -0.1) is 0 Å². The van der Waals surface area contributed by atoms with Crippen molar-refractivity contribution in [3.8, 4) is 5.75 Å². The predicted octanol–water partition coefficient (Wildman–Crippen LogP) is 5.68. The second kappa shape index (κ2) is 9.39. The predicted molar refractivity (Wildman–Crippen MR) is 116 cm³/mol. The molecule has 0 heterocycles. The van der Waals surface area contributed by atoms with Crippen molar-refractivity contribution in [1.82, 2.24) is 0 Å². The third-order valence-electron chi connectivity index (χ3n) is 4.54. The second-order valence-electron chi connectivity index (χ2n) is 6.66. The molecule has 0 fully saturated rings. The van der Waals surface area contributed by atoms with E-state index >= 15 is 0 Å². The number of carbonyl (C=O) groups excluding carboxylic acids is 2. The number of aryl methyl sites for hydroxylation is 1. The highest BCUT2D eigenvalue weighted by Crippen LogP contribution is 2.24. The van der Waals surface area contributed by atoms with E-state index in [4.69, 9.17) is 16.3 Å². The van der Waals surface area contributed by atoms with E-state index < -0.39 is 6.10 Å². The zero-order valence-electron chi connectivity index (χ0n) is 16.3. The number of rotatable bonds is 7. The molecule has 0 aromatic heterocycles. The normalized spacial score (nSPS) is 11.6. The van der Waals surface area contributed by atoms with E-state index in [1.165, 1.54) is 0 Å². The molecule has 0 aliphatic carbocycles. The van der Waals surface area contributed by atoms with E-state index in [0.29, 0.717) is 34.0 Å². The average Bonchev–Trinajstić information content (AvgIpc) is 2.75. The van der Waals surface area contributed by atoms with Crippen molar-refractivity contribution in [3.63, 3.8) is 0 Å². The molecule has 0 spiro atoms. The van der Waals surface area contributed by atoms with Gasteiger partial charge in [-0.25, -0.2) is 0 Å². The molecule has 5 heteroatoms. The van der Waals surface area contributed by atoms with E-state index in [-0.39, 0.29) is 11.7 Å². The van der Waals surface area contributed by atoms with Gasteiger partial charge in [0.05, 0.1) is 5.69 Å². The van der Waals surface area contributed by atoms with Crippen molar-refractivity contribution >= 4 is 29.0 Å². The highest BCUT2D eigenvalue weighted by atomic mass is 35.5. The van der Waals surface area contributed by atoms with Crippen molar-refractivity contribution in [2.75, 3.05) is 5.32 Å². The summed E-state index contributed by atoms with van der Waals surface area (Å²) < 4.78 is 5.86. The Kier molecular flexibility index (Phi) is 6.68. The number of carbonyl (C=O) groups is 2. The van der Waals surface area contributed by atoms with Gasteiger partial charge in [0.15, 0.2) is 11.9 Å². The number of halogens is 1. The molecule has 3 rings (SSSR count). The molecule has 4 nitrogen and oxygen atoms in total. The molecule has 0 unspecified atom stereocenters. The first kappa shape index (κ1) is 20.6. The first-order valence-corrected chi connectivity index (χ1v) is 9.80. The number of hydrogen-bond acceptors (Lipinski definition) is 3. The molecule has 0 saturated heterocycles. The molecule has 29 heavy (non-hydrogen) atoms. The number of anilines is 1. The Hall–Kier alpha value is -3.11. The molecule has 0 aliphatic heterocycles. The number of ketones is 1. The fourth-order valence-electron chi connectivity index (χ4n) is 2.93. The largest absolute Gasteiger partial charge is 0.481 e. The second-order valence-corrected chi connectivity index (χ2v) is 7.06. The van der Waals surface area contributed by atoms with Crippen molar-refractivity contribution in [3.05, 3.63) is 94.5 Å². The maximum absolute atomic E-state index is 12.9. The van der Waals surface area contributed by atoms with Gasteiger partial charge in [0.2, 0.25) is 0 Å². The van der Waals surface area contributed by atoms with Crippen LogP contribution >= 0.6 is 11.6 Å². The van der Waals surface area contributed by atoms with Crippen LogP contribution in [0.5, 0.6) is 5.75 Å². The molecule has 0 aliphatic rings. The zero-order valence-corrected chi connectivity index (χ0v) is 17.1. The molecule has 0 radical (unpaired) electrons. The topological polar surface area (TPSA) is 55.4 Å². The van der Waals surface area contributed by atoms with Gasteiger partial charge in [-0.1, -0.05) is 61.0 Å². The fraction of sp³-hybridized carbons (Fsp3) is 0.167. The summed E-state index contributed by atoms with van der Waals surface area (Å²) in [5, 5.41) is 3.49. The molecule has 1 amide bonds. The maximum Gasteiger partial charge on any atom is 0.265 e.